The van der Waals surface area contributed by atoms with E-state index < -0.39 is 6.29 Å². The molecule has 0 bridgehead atoms. The summed E-state index contributed by atoms with van der Waals surface area (Å²) in [6.45, 7) is -0.0346. The minimum Gasteiger partial charge on any atom is -0.432 e. The normalized spacial score (nSPS) is 18.7. The first-order chi connectivity index (χ1) is 8.74. The number of aryl methyl sites for hydroxylation is 1. The first-order valence-corrected chi connectivity index (χ1v) is 5.80. The fraction of sp³-hybridized carbons (Fsp3) is 0.286. The molecule has 0 saturated carbocycles. The lowest BCUT2D eigenvalue weighted by molar-refractivity contribution is -0.172. The minimum absolute atomic E-state index is 0.0346. The van der Waals surface area contributed by atoms with Crippen LogP contribution >= 0.6 is 0 Å². The van der Waals surface area contributed by atoms with Crippen molar-refractivity contribution in [3.63, 3.8) is 0 Å². The molecule has 0 spiro atoms. The van der Waals surface area contributed by atoms with Gasteiger partial charge < -0.3 is 9.47 Å². The average Bonchev–Trinajstić information content (AvgIpc) is 2.40. The third-order valence-electron chi connectivity index (χ3n) is 2.54. The first kappa shape index (κ1) is 12.5. The maximum absolute atomic E-state index is 11.5. The van der Waals surface area contributed by atoms with Gasteiger partial charge >= 0.3 is 5.97 Å². The molecule has 94 valence electrons. The van der Waals surface area contributed by atoms with Crippen molar-refractivity contribution in [1.29, 1.82) is 0 Å². The molecule has 0 aromatic heterocycles. The van der Waals surface area contributed by atoms with Crippen LogP contribution in [0, 0.1) is 0 Å². The van der Waals surface area contributed by atoms with Crippen molar-refractivity contribution >= 4 is 11.8 Å². The Morgan fingerprint density at radius 2 is 2.11 bits per heavy atom. The molecule has 1 heterocycles. The summed E-state index contributed by atoms with van der Waals surface area (Å²) < 4.78 is 10.1. The lowest BCUT2D eigenvalue weighted by Crippen LogP contribution is -2.26. The van der Waals surface area contributed by atoms with E-state index in [1.54, 1.807) is 0 Å². The van der Waals surface area contributed by atoms with Crippen LogP contribution in [-0.4, -0.2) is 24.6 Å². The zero-order valence-electron chi connectivity index (χ0n) is 9.87. The van der Waals surface area contributed by atoms with E-state index in [1.165, 1.54) is 12.2 Å². The van der Waals surface area contributed by atoms with Crippen LogP contribution < -0.4 is 0 Å². The quantitative estimate of drug-likeness (QED) is 0.758. The van der Waals surface area contributed by atoms with Crippen molar-refractivity contribution in [3.8, 4) is 0 Å². The molecular formula is C14H14O4. The molecule has 0 saturated heterocycles. The lowest BCUT2D eigenvalue weighted by atomic mass is 10.1. The van der Waals surface area contributed by atoms with Crippen molar-refractivity contribution in [2.75, 3.05) is 6.61 Å². The summed E-state index contributed by atoms with van der Waals surface area (Å²) in [6, 6.07) is 9.71. The standard InChI is InChI=1S/C14H14O4/c15-12-7-9-14(17-10-12)18-13(16)8-6-11-4-2-1-3-5-11/h1-5,7,9,14H,6,8,10H2/t14-/m0/s1. The molecule has 1 aliphatic rings. The number of benzene rings is 1. The van der Waals surface area contributed by atoms with E-state index in [0.717, 1.165) is 5.56 Å². The Hall–Kier alpha value is -1.94. The molecule has 1 aliphatic heterocycles. The van der Waals surface area contributed by atoms with E-state index in [1.807, 2.05) is 30.3 Å². The van der Waals surface area contributed by atoms with E-state index >= 15 is 0 Å². The van der Waals surface area contributed by atoms with E-state index in [0.29, 0.717) is 12.8 Å². The highest BCUT2D eigenvalue weighted by Crippen LogP contribution is 2.08. The molecule has 1 aromatic carbocycles. The number of hydrogen-bond acceptors (Lipinski definition) is 4. The highest BCUT2D eigenvalue weighted by Gasteiger charge is 2.17. The molecule has 0 radical (unpaired) electrons. The van der Waals surface area contributed by atoms with Gasteiger partial charge in [0.15, 0.2) is 5.78 Å². The molecule has 4 heteroatoms. The van der Waals surface area contributed by atoms with Crippen LogP contribution in [0.25, 0.3) is 0 Å². The van der Waals surface area contributed by atoms with Crippen molar-refractivity contribution in [2.24, 2.45) is 0 Å². The Bertz CT molecular complexity index is 450. The highest BCUT2D eigenvalue weighted by atomic mass is 16.7. The van der Waals surface area contributed by atoms with Gasteiger partial charge in [-0.2, -0.15) is 0 Å². The number of ether oxygens (including phenoxy) is 2. The third-order valence-corrected chi connectivity index (χ3v) is 2.54. The van der Waals surface area contributed by atoms with Gasteiger partial charge in [0.2, 0.25) is 6.29 Å². The average molecular weight is 246 g/mol. The topological polar surface area (TPSA) is 52.6 Å². The molecular weight excluding hydrogens is 232 g/mol. The summed E-state index contributed by atoms with van der Waals surface area (Å²) in [7, 11) is 0. The smallest absolute Gasteiger partial charge is 0.308 e. The second-order valence-corrected chi connectivity index (χ2v) is 3.98. The number of carbonyl (C=O) groups is 2. The van der Waals surface area contributed by atoms with Crippen molar-refractivity contribution in [3.05, 3.63) is 48.0 Å². The fourth-order valence-corrected chi connectivity index (χ4v) is 1.61. The molecule has 0 unspecified atom stereocenters. The Morgan fingerprint density at radius 3 is 2.78 bits per heavy atom. The fourth-order valence-electron chi connectivity index (χ4n) is 1.61. The minimum atomic E-state index is -0.731. The summed E-state index contributed by atoms with van der Waals surface area (Å²) in [5.41, 5.74) is 1.09. The number of esters is 1. The van der Waals surface area contributed by atoms with Gasteiger partial charge in [0.05, 0.1) is 0 Å². The van der Waals surface area contributed by atoms with Gasteiger partial charge in [-0.15, -0.1) is 0 Å². The lowest BCUT2D eigenvalue weighted by Gasteiger charge is -2.17. The second-order valence-electron chi connectivity index (χ2n) is 3.98. The molecule has 0 aliphatic carbocycles. The predicted octanol–water partition coefficient (Wildman–Crippen LogP) is 1.64. The SMILES string of the molecule is O=C1C=C[C@H](OC(=O)CCc2ccccc2)OC1. The zero-order chi connectivity index (χ0) is 12.8. The van der Waals surface area contributed by atoms with Crippen LogP contribution in [0.15, 0.2) is 42.5 Å². The Kier molecular flexibility index (Phi) is 4.25. The van der Waals surface area contributed by atoms with Gasteiger partial charge in [0, 0.05) is 6.42 Å². The molecule has 1 aromatic rings. The Balaban J connectivity index is 1.76. The van der Waals surface area contributed by atoms with Crippen LogP contribution in [0.3, 0.4) is 0 Å². The van der Waals surface area contributed by atoms with E-state index in [-0.39, 0.29) is 18.4 Å². The van der Waals surface area contributed by atoms with Crippen LogP contribution in [0.1, 0.15) is 12.0 Å². The molecule has 4 nitrogen and oxygen atoms in total. The van der Waals surface area contributed by atoms with Gasteiger partial charge in [0.25, 0.3) is 0 Å². The van der Waals surface area contributed by atoms with Gasteiger partial charge in [-0.1, -0.05) is 30.3 Å². The molecule has 1 atom stereocenters. The number of carbonyl (C=O) groups excluding carboxylic acids is 2. The number of rotatable bonds is 4. The maximum Gasteiger partial charge on any atom is 0.308 e. The molecule has 18 heavy (non-hydrogen) atoms. The summed E-state index contributed by atoms with van der Waals surface area (Å²) in [4.78, 5) is 22.4. The van der Waals surface area contributed by atoms with Gasteiger partial charge in [0.1, 0.15) is 6.61 Å². The molecule has 0 amide bonds. The highest BCUT2D eigenvalue weighted by molar-refractivity contribution is 5.91. The zero-order valence-corrected chi connectivity index (χ0v) is 9.87. The third kappa shape index (κ3) is 3.82. The van der Waals surface area contributed by atoms with Crippen LogP contribution in [0.5, 0.6) is 0 Å². The van der Waals surface area contributed by atoms with Gasteiger partial charge in [-0.3, -0.25) is 9.59 Å². The Morgan fingerprint density at radius 1 is 1.33 bits per heavy atom. The number of hydrogen-bond donors (Lipinski definition) is 0. The largest absolute Gasteiger partial charge is 0.432 e. The Labute approximate surface area is 105 Å². The van der Waals surface area contributed by atoms with Crippen molar-refractivity contribution < 1.29 is 19.1 Å². The predicted molar refractivity (Wildman–Crippen MR) is 64.7 cm³/mol. The first-order valence-electron chi connectivity index (χ1n) is 5.80. The van der Waals surface area contributed by atoms with Crippen LogP contribution in [0.2, 0.25) is 0 Å². The van der Waals surface area contributed by atoms with E-state index in [9.17, 15) is 9.59 Å². The number of ketones is 1. The van der Waals surface area contributed by atoms with E-state index in [4.69, 9.17) is 9.47 Å². The summed E-state index contributed by atoms with van der Waals surface area (Å²) in [5.74, 6) is -0.450. The van der Waals surface area contributed by atoms with Gasteiger partial charge in [-0.05, 0) is 24.1 Å². The molecule has 0 fully saturated rings. The summed E-state index contributed by atoms with van der Waals surface area (Å²) >= 11 is 0. The molecule has 2 rings (SSSR count). The molecule has 0 N–H and O–H groups in total. The van der Waals surface area contributed by atoms with Crippen LogP contribution in [0.4, 0.5) is 0 Å². The summed E-state index contributed by atoms with van der Waals surface area (Å²) in [5, 5.41) is 0. The summed E-state index contributed by atoms with van der Waals surface area (Å²) in [6.07, 6.45) is 3.02. The van der Waals surface area contributed by atoms with Gasteiger partial charge in [-0.25, -0.2) is 0 Å². The maximum atomic E-state index is 11.5. The van der Waals surface area contributed by atoms with Crippen molar-refractivity contribution in [1.82, 2.24) is 0 Å². The monoisotopic (exact) mass is 246 g/mol. The van der Waals surface area contributed by atoms with Crippen molar-refractivity contribution in [2.45, 2.75) is 19.1 Å². The van der Waals surface area contributed by atoms with Crippen LogP contribution in [-0.2, 0) is 25.5 Å². The van der Waals surface area contributed by atoms with E-state index in [2.05, 4.69) is 0 Å². The second kappa shape index (κ2) is 6.12.